The van der Waals surface area contributed by atoms with Gasteiger partial charge in [-0.1, -0.05) is 25.7 Å². The molecule has 0 atom stereocenters. The van der Waals surface area contributed by atoms with Crippen molar-refractivity contribution < 1.29 is 9.53 Å². The fraction of sp³-hybridized carbons (Fsp3) is 0.533. The van der Waals surface area contributed by atoms with Crippen LogP contribution in [0.2, 0.25) is 0 Å². The summed E-state index contributed by atoms with van der Waals surface area (Å²) in [4.78, 5) is 14.0. The molecule has 0 unspecified atom stereocenters. The Labute approximate surface area is 127 Å². The van der Waals surface area contributed by atoms with Crippen LogP contribution in [-0.2, 0) is 4.79 Å². The van der Waals surface area contributed by atoms with Gasteiger partial charge in [0.25, 0.3) is 5.91 Å². The predicted octanol–water partition coefficient (Wildman–Crippen LogP) is 3.60. The fourth-order valence-corrected chi connectivity index (χ4v) is 3.50. The van der Waals surface area contributed by atoms with Crippen molar-refractivity contribution in [3.63, 3.8) is 0 Å². The summed E-state index contributed by atoms with van der Waals surface area (Å²) in [5.41, 5.74) is 0.940. The van der Waals surface area contributed by atoms with Crippen LogP contribution in [0.1, 0.15) is 32.1 Å². The standard InChI is InChI=1S/C15H18INO2/c16-12-5-6-13-14(9-12)19-10-15(18)17(13)8-7-11-3-1-2-4-11/h5-6,9,11H,1-4,7-8,10H2. The fourth-order valence-electron chi connectivity index (χ4n) is 3.03. The van der Waals surface area contributed by atoms with Gasteiger partial charge in [0.05, 0.1) is 5.69 Å². The summed E-state index contributed by atoms with van der Waals surface area (Å²) in [6, 6.07) is 6.04. The van der Waals surface area contributed by atoms with E-state index in [1.54, 1.807) is 0 Å². The van der Waals surface area contributed by atoms with Gasteiger partial charge in [-0.3, -0.25) is 4.79 Å². The third-order valence-electron chi connectivity index (χ3n) is 4.10. The molecule has 3 rings (SSSR count). The first-order valence-corrected chi connectivity index (χ1v) is 8.04. The van der Waals surface area contributed by atoms with Gasteiger partial charge in [0.1, 0.15) is 5.75 Å². The number of amides is 1. The predicted molar refractivity (Wildman–Crippen MR) is 83.6 cm³/mol. The van der Waals surface area contributed by atoms with Crippen LogP contribution in [0, 0.1) is 9.49 Å². The minimum atomic E-state index is 0.0895. The molecule has 1 heterocycles. The molecule has 3 nitrogen and oxygen atoms in total. The third-order valence-corrected chi connectivity index (χ3v) is 4.77. The van der Waals surface area contributed by atoms with E-state index in [0.29, 0.717) is 0 Å². The molecule has 0 aromatic heterocycles. The highest BCUT2D eigenvalue weighted by atomic mass is 127. The summed E-state index contributed by atoms with van der Waals surface area (Å²) < 4.78 is 6.66. The summed E-state index contributed by atoms with van der Waals surface area (Å²) in [6.07, 6.45) is 6.50. The maximum Gasteiger partial charge on any atom is 0.265 e. The topological polar surface area (TPSA) is 29.5 Å². The van der Waals surface area contributed by atoms with Crippen molar-refractivity contribution in [3.8, 4) is 5.75 Å². The van der Waals surface area contributed by atoms with Gasteiger partial charge < -0.3 is 9.64 Å². The van der Waals surface area contributed by atoms with Crippen molar-refractivity contribution >= 4 is 34.2 Å². The molecule has 0 N–H and O–H groups in total. The molecule has 1 aromatic rings. The third kappa shape index (κ3) is 2.88. The minimum Gasteiger partial charge on any atom is -0.482 e. The zero-order valence-corrected chi connectivity index (χ0v) is 13.1. The molecule has 4 heteroatoms. The number of halogens is 1. The lowest BCUT2D eigenvalue weighted by molar-refractivity contribution is -0.121. The van der Waals surface area contributed by atoms with Gasteiger partial charge in [-0.2, -0.15) is 0 Å². The highest BCUT2D eigenvalue weighted by molar-refractivity contribution is 14.1. The van der Waals surface area contributed by atoms with Gasteiger partial charge in [-0.25, -0.2) is 0 Å². The average Bonchev–Trinajstić information content (AvgIpc) is 2.91. The second kappa shape index (κ2) is 5.69. The van der Waals surface area contributed by atoms with E-state index in [2.05, 4.69) is 22.6 Å². The van der Waals surface area contributed by atoms with Gasteiger partial charge in [0, 0.05) is 10.1 Å². The SMILES string of the molecule is O=C1COc2cc(I)ccc2N1CCC1CCCC1. The molecule has 1 aliphatic carbocycles. The highest BCUT2D eigenvalue weighted by Gasteiger charge is 2.26. The van der Waals surface area contributed by atoms with Crippen molar-refractivity contribution in [1.82, 2.24) is 0 Å². The molecule has 0 spiro atoms. The second-order valence-corrected chi connectivity index (χ2v) is 6.63. The lowest BCUT2D eigenvalue weighted by Crippen LogP contribution is -2.39. The molecular formula is C15H18INO2. The largest absolute Gasteiger partial charge is 0.482 e. The molecule has 1 aromatic carbocycles. The normalized spacial score (nSPS) is 19.4. The monoisotopic (exact) mass is 371 g/mol. The van der Waals surface area contributed by atoms with E-state index in [9.17, 15) is 4.79 Å². The summed E-state index contributed by atoms with van der Waals surface area (Å²) >= 11 is 2.27. The van der Waals surface area contributed by atoms with E-state index in [-0.39, 0.29) is 12.5 Å². The first-order chi connectivity index (χ1) is 9.24. The van der Waals surface area contributed by atoms with Crippen molar-refractivity contribution in [2.45, 2.75) is 32.1 Å². The number of ether oxygens (including phenoxy) is 1. The number of hydrogen-bond acceptors (Lipinski definition) is 2. The number of carbonyl (C=O) groups is 1. The van der Waals surface area contributed by atoms with E-state index in [1.165, 1.54) is 25.7 Å². The van der Waals surface area contributed by atoms with Crippen LogP contribution < -0.4 is 9.64 Å². The lowest BCUT2D eigenvalue weighted by atomic mass is 10.0. The second-order valence-electron chi connectivity index (χ2n) is 5.39. The van der Waals surface area contributed by atoms with E-state index in [0.717, 1.165) is 33.9 Å². The molecule has 1 aliphatic heterocycles. The van der Waals surface area contributed by atoms with Crippen LogP contribution >= 0.6 is 22.6 Å². The van der Waals surface area contributed by atoms with Gasteiger partial charge in [-0.15, -0.1) is 0 Å². The summed E-state index contributed by atoms with van der Waals surface area (Å²) in [5.74, 6) is 1.74. The Kier molecular flexibility index (Phi) is 3.96. The van der Waals surface area contributed by atoms with Gasteiger partial charge in [0.2, 0.25) is 0 Å². The van der Waals surface area contributed by atoms with Crippen LogP contribution in [-0.4, -0.2) is 19.1 Å². The molecule has 19 heavy (non-hydrogen) atoms. The molecule has 1 saturated carbocycles. The number of rotatable bonds is 3. The zero-order chi connectivity index (χ0) is 13.2. The Morgan fingerprint density at radius 2 is 2.11 bits per heavy atom. The Morgan fingerprint density at radius 3 is 2.89 bits per heavy atom. The van der Waals surface area contributed by atoms with Gasteiger partial charge >= 0.3 is 0 Å². The average molecular weight is 371 g/mol. The molecule has 0 bridgehead atoms. The van der Waals surface area contributed by atoms with E-state index >= 15 is 0 Å². The first kappa shape index (κ1) is 13.2. The maximum absolute atomic E-state index is 12.0. The Hall–Kier alpha value is -0.780. The summed E-state index contributed by atoms with van der Waals surface area (Å²) in [6.45, 7) is 1.01. The molecule has 0 saturated heterocycles. The summed E-state index contributed by atoms with van der Waals surface area (Å²) in [7, 11) is 0. The smallest absolute Gasteiger partial charge is 0.265 e. The van der Waals surface area contributed by atoms with Gasteiger partial charge in [-0.05, 0) is 53.1 Å². The van der Waals surface area contributed by atoms with Crippen LogP contribution in [0.4, 0.5) is 5.69 Å². The number of fused-ring (bicyclic) bond motifs is 1. The number of hydrogen-bond donors (Lipinski definition) is 0. The molecule has 0 radical (unpaired) electrons. The molecular weight excluding hydrogens is 353 g/mol. The highest BCUT2D eigenvalue weighted by Crippen LogP contribution is 2.35. The van der Waals surface area contributed by atoms with Crippen LogP contribution in [0.5, 0.6) is 5.75 Å². The van der Waals surface area contributed by atoms with Crippen molar-refractivity contribution in [2.24, 2.45) is 5.92 Å². The van der Waals surface area contributed by atoms with Gasteiger partial charge in [0.15, 0.2) is 6.61 Å². The number of anilines is 1. The number of benzene rings is 1. The first-order valence-electron chi connectivity index (χ1n) is 6.97. The Bertz CT molecular complexity index is 483. The maximum atomic E-state index is 12.0. The van der Waals surface area contributed by atoms with E-state index in [1.807, 2.05) is 23.1 Å². The van der Waals surface area contributed by atoms with Crippen molar-refractivity contribution in [3.05, 3.63) is 21.8 Å². The van der Waals surface area contributed by atoms with E-state index in [4.69, 9.17) is 4.74 Å². The van der Waals surface area contributed by atoms with Crippen LogP contribution in [0.25, 0.3) is 0 Å². The quantitative estimate of drug-likeness (QED) is 0.760. The Morgan fingerprint density at radius 1 is 1.32 bits per heavy atom. The summed E-state index contributed by atoms with van der Waals surface area (Å²) in [5, 5.41) is 0. The van der Waals surface area contributed by atoms with Crippen molar-refractivity contribution in [1.29, 1.82) is 0 Å². The van der Waals surface area contributed by atoms with E-state index < -0.39 is 0 Å². The van der Waals surface area contributed by atoms with Crippen molar-refractivity contribution in [2.75, 3.05) is 18.1 Å². The molecule has 2 aliphatic rings. The Balaban J connectivity index is 1.74. The lowest BCUT2D eigenvalue weighted by Gasteiger charge is -2.30. The molecule has 1 fully saturated rings. The van der Waals surface area contributed by atoms with Crippen LogP contribution in [0.15, 0.2) is 18.2 Å². The zero-order valence-electron chi connectivity index (χ0n) is 10.9. The molecule has 102 valence electrons. The van der Waals surface area contributed by atoms with Crippen LogP contribution in [0.3, 0.4) is 0 Å². The number of nitrogens with zero attached hydrogens (tertiary/aromatic N) is 1. The minimum absolute atomic E-state index is 0.0895. The molecule has 1 amide bonds. The number of carbonyl (C=O) groups excluding carboxylic acids is 1.